The van der Waals surface area contributed by atoms with Gasteiger partial charge in [0.05, 0.1) is 13.2 Å². The Morgan fingerprint density at radius 2 is 1.85 bits per heavy atom. The van der Waals surface area contributed by atoms with Crippen LogP contribution in [0.25, 0.3) is 0 Å². The van der Waals surface area contributed by atoms with E-state index in [2.05, 4.69) is 5.32 Å². The maximum Gasteiger partial charge on any atom is 0.234 e. The molecule has 26 heavy (non-hydrogen) atoms. The van der Waals surface area contributed by atoms with Gasteiger partial charge < -0.3 is 19.5 Å². The number of ether oxygens (including phenoxy) is 3. The standard InChI is InChI=1S/C20H22N2O4/c1-24-18-8-7-16(10-12-22-20(23)9-11-21)19(15-18)26-14-13-25-17-5-3-2-4-6-17/h2-8,15H,9-10,12-14H2,1H3,(H,22,23). The maximum absolute atomic E-state index is 11.4. The molecule has 0 aliphatic heterocycles. The zero-order chi connectivity index (χ0) is 18.6. The third-order valence-electron chi connectivity index (χ3n) is 3.58. The van der Waals surface area contributed by atoms with Gasteiger partial charge in [-0.05, 0) is 30.2 Å². The predicted molar refractivity (Wildman–Crippen MR) is 97.4 cm³/mol. The summed E-state index contributed by atoms with van der Waals surface area (Å²) in [5.41, 5.74) is 0.947. The first-order chi connectivity index (χ1) is 12.7. The highest BCUT2D eigenvalue weighted by atomic mass is 16.5. The van der Waals surface area contributed by atoms with Crippen molar-refractivity contribution >= 4 is 5.91 Å². The number of nitrogens with zero attached hydrogens (tertiary/aromatic N) is 1. The third-order valence-corrected chi connectivity index (χ3v) is 3.58. The van der Waals surface area contributed by atoms with E-state index in [1.165, 1.54) is 0 Å². The zero-order valence-corrected chi connectivity index (χ0v) is 14.7. The molecule has 0 radical (unpaired) electrons. The van der Waals surface area contributed by atoms with Crippen molar-refractivity contribution in [3.05, 3.63) is 54.1 Å². The van der Waals surface area contributed by atoms with Crippen molar-refractivity contribution < 1.29 is 19.0 Å². The van der Waals surface area contributed by atoms with Crippen LogP contribution in [0, 0.1) is 11.3 Å². The second kappa shape index (κ2) is 10.6. The van der Waals surface area contributed by atoms with Gasteiger partial charge in [-0.25, -0.2) is 0 Å². The van der Waals surface area contributed by atoms with E-state index in [4.69, 9.17) is 19.5 Å². The lowest BCUT2D eigenvalue weighted by molar-refractivity contribution is -0.120. The van der Waals surface area contributed by atoms with Crippen molar-refractivity contribution in [2.45, 2.75) is 12.8 Å². The Labute approximate surface area is 153 Å². The zero-order valence-electron chi connectivity index (χ0n) is 14.7. The first-order valence-electron chi connectivity index (χ1n) is 8.34. The summed E-state index contributed by atoms with van der Waals surface area (Å²) < 4.78 is 16.7. The van der Waals surface area contributed by atoms with Gasteiger partial charge in [0.15, 0.2) is 0 Å². The normalized spacial score (nSPS) is 9.85. The third kappa shape index (κ3) is 6.36. The summed E-state index contributed by atoms with van der Waals surface area (Å²) in [6.07, 6.45) is 0.457. The molecule has 1 N–H and O–H groups in total. The minimum atomic E-state index is -0.278. The molecule has 0 aliphatic rings. The van der Waals surface area contributed by atoms with Gasteiger partial charge in [0.25, 0.3) is 0 Å². The topological polar surface area (TPSA) is 80.6 Å². The van der Waals surface area contributed by atoms with Crippen LogP contribution in [-0.2, 0) is 11.2 Å². The van der Waals surface area contributed by atoms with Crippen molar-refractivity contribution in [1.82, 2.24) is 5.32 Å². The number of nitriles is 1. The summed E-state index contributed by atoms with van der Waals surface area (Å²) >= 11 is 0. The molecule has 136 valence electrons. The van der Waals surface area contributed by atoms with E-state index in [1.807, 2.05) is 54.6 Å². The average molecular weight is 354 g/mol. The lowest BCUT2D eigenvalue weighted by Crippen LogP contribution is -2.25. The minimum Gasteiger partial charge on any atom is -0.497 e. The Balaban J connectivity index is 1.88. The predicted octanol–water partition coefficient (Wildman–Crippen LogP) is 2.73. The smallest absolute Gasteiger partial charge is 0.234 e. The molecule has 2 aromatic rings. The van der Waals surface area contributed by atoms with Crippen molar-refractivity contribution in [3.63, 3.8) is 0 Å². The first kappa shape index (κ1) is 19.1. The Kier molecular flexibility index (Phi) is 7.81. The summed E-state index contributed by atoms with van der Waals surface area (Å²) in [6, 6.07) is 16.9. The molecule has 2 rings (SSSR count). The van der Waals surface area contributed by atoms with Crippen LogP contribution in [0.5, 0.6) is 17.2 Å². The van der Waals surface area contributed by atoms with Crippen molar-refractivity contribution in [1.29, 1.82) is 5.26 Å². The Morgan fingerprint density at radius 3 is 2.58 bits per heavy atom. The molecule has 0 aromatic heterocycles. The number of carbonyl (C=O) groups is 1. The Morgan fingerprint density at radius 1 is 1.08 bits per heavy atom. The van der Waals surface area contributed by atoms with Gasteiger partial charge in [0, 0.05) is 12.6 Å². The SMILES string of the molecule is COc1ccc(CCNC(=O)CC#N)c(OCCOc2ccccc2)c1. The second-order valence-electron chi connectivity index (χ2n) is 5.42. The van der Waals surface area contributed by atoms with Crippen molar-refractivity contribution in [2.24, 2.45) is 0 Å². The number of carbonyl (C=O) groups excluding carboxylic acids is 1. The van der Waals surface area contributed by atoms with Crippen LogP contribution in [0.1, 0.15) is 12.0 Å². The van der Waals surface area contributed by atoms with Crippen LogP contribution in [-0.4, -0.2) is 32.8 Å². The summed E-state index contributed by atoms with van der Waals surface area (Å²) in [4.78, 5) is 11.4. The van der Waals surface area contributed by atoms with Gasteiger partial charge in [-0.2, -0.15) is 5.26 Å². The monoisotopic (exact) mass is 354 g/mol. The number of hydrogen-bond acceptors (Lipinski definition) is 5. The molecule has 0 atom stereocenters. The van der Waals surface area contributed by atoms with E-state index < -0.39 is 0 Å². The molecule has 0 bridgehead atoms. The average Bonchev–Trinajstić information content (AvgIpc) is 2.67. The van der Waals surface area contributed by atoms with Crippen LogP contribution >= 0.6 is 0 Å². The van der Waals surface area contributed by atoms with Gasteiger partial charge in [0.2, 0.25) is 5.91 Å². The first-order valence-corrected chi connectivity index (χ1v) is 8.34. The molecule has 1 amide bonds. The fraction of sp³-hybridized carbons (Fsp3) is 0.300. The lowest BCUT2D eigenvalue weighted by atomic mass is 10.1. The van der Waals surface area contributed by atoms with Gasteiger partial charge in [-0.3, -0.25) is 4.79 Å². The number of nitrogens with one attached hydrogen (secondary N) is 1. The largest absolute Gasteiger partial charge is 0.497 e. The van der Waals surface area contributed by atoms with Gasteiger partial charge in [-0.1, -0.05) is 24.3 Å². The molecular weight excluding hydrogens is 332 g/mol. The molecule has 6 nitrogen and oxygen atoms in total. The van der Waals surface area contributed by atoms with Gasteiger partial charge >= 0.3 is 0 Å². The highest BCUT2D eigenvalue weighted by Gasteiger charge is 2.07. The van der Waals surface area contributed by atoms with Crippen LogP contribution in [0.4, 0.5) is 0 Å². The number of rotatable bonds is 10. The van der Waals surface area contributed by atoms with Gasteiger partial charge in [0.1, 0.15) is 36.9 Å². The quantitative estimate of drug-likeness (QED) is 0.664. The van der Waals surface area contributed by atoms with Crippen LogP contribution in [0.2, 0.25) is 0 Å². The highest BCUT2D eigenvalue weighted by Crippen LogP contribution is 2.25. The fourth-order valence-corrected chi connectivity index (χ4v) is 2.30. The number of amides is 1. The molecule has 0 saturated carbocycles. The van der Waals surface area contributed by atoms with E-state index in [1.54, 1.807) is 7.11 Å². The minimum absolute atomic E-state index is 0.136. The molecule has 0 heterocycles. The molecule has 0 fully saturated rings. The van der Waals surface area contributed by atoms with Gasteiger partial charge in [-0.15, -0.1) is 0 Å². The molecule has 0 unspecified atom stereocenters. The summed E-state index contributed by atoms with van der Waals surface area (Å²) in [7, 11) is 1.60. The van der Waals surface area contributed by atoms with E-state index in [-0.39, 0.29) is 12.3 Å². The van der Waals surface area contributed by atoms with Crippen molar-refractivity contribution in [3.8, 4) is 23.3 Å². The summed E-state index contributed by atoms with van der Waals surface area (Å²) in [5, 5.41) is 11.2. The molecule has 0 aliphatic carbocycles. The maximum atomic E-state index is 11.4. The second-order valence-corrected chi connectivity index (χ2v) is 5.42. The molecule has 6 heteroatoms. The number of benzene rings is 2. The highest BCUT2D eigenvalue weighted by molar-refractivity contribution is 5.77. The van der Waals surface area contributed by atoms with E-state index in [0.717, 1.165) is 11.3 Å². The molecule has 0 saturated heterocycles. The summed E-state index contributed by atoms with van der Waals surface area (Å²) in [6.45, 7) is 1.24. The fourth-order valence-electron chi connectivity index (χ4n) is 2.30. The van der Waals surface area contributed by atoms with E-state index in [0.29, 0.717) is 37.7 Å². The van der Waals surface area contributed by atoms with Crippen LogP contribution in [0.15, 0.2) is 48.5 Å². The van der Waals surface area contributed by atoms with Crippen LogP contribution in [0.3, 0.4) is 0 Å². The van der Waals surface area contributed by atoms with E-state index in [9.17, 15) is 4.79 Å². The number of para-hydroxylation sites is 1. The summed E-state index contributed by atoms with van der Waals surface area (Å²) in [5.74, 6) is 1.90. The van der Waals surface area contributed by atoms with Crippen molar-refractivity contribution in [2.75, 3.05) is 26.9 Å². The molecule has 2 aromatic carbocycles. The molecular formula is C20H22N2O4. The van der Waals surface area contributed by atoms with Crippen LogP contribution < -0.4 is 19.5 Å². The van der Waals surface area contributed by atoms with E-state index >= 15 is 0 Å². The Bertz CT molecular complexity index is 741. The molecule has 0 spiro atoms. The lowest BCUT2D eigenvalue weighted by Gasteiger charge is -2.14. The Hall–Kier alpha value is -3.20. The number of methoxy groups -OCH3 is 1. The number of hydrogen-bond donors (Lipinski definition) is 1.